The van der Waals surface area contributed by atoms with Crippen LogP contribution in [-0.2, 0) is 20.9 Å². The first kappa shape index (κ1) is 41.9. The number of carbonyl (C=O) groups excluding carboxylic acids is 3. The number of hydrogen-bond acceptors (Lipinski definition) is 7. The van der Waals surface area contributed by atoms with E-state index in [4.69, 9.17) is 9.53 Å². The van der Waals surface area contributed by atoms with Crippen LogP contribution in [0.15, 0.2) is 28.7 Å². The van der Waals surface area contributed by atoms with Crippen molar-refractivity contribution in [2.75, 3.05) is 39.4 Å². The summed E-state index contributed by atoms with van der Waals surface area (Å²) in [4.78, 5) is 34.2. The molecule has 0 saturated carbocycles. The SMILES string of the molecule is C=O.CC(C)(C)OC(=O)N1CCCCC1=O.CN(C)Cc1ccc(Br)cc1.CS.CSC.FC(F)F. The number of halogens is 4. The highest BCUT2D eigenvalue weighted by molar-refractivity contribution is 9.10. The van der Waals surface area contributed by atoms with E-state index in [1.165, 1.54) is 10.5 Å². The summed E-state index contributed by atoms with van der Waals surface area (Å²) in [5.74, 6) is -0.120. The molecule has 1 aromatic rings. The number of amides is 2. The van der Waals surface area contributed by atoms with Crippen molar-refractivity contribution in [2.45, 2.75) is 58.9 Å². The van der Waals surface area contributed by atoms with Crippen LogP contribution in [0.4, 0.5) is 18.0 Å². The fourth-order valence-corrected chi connectivity index (χ4v) is 2.54. The van der Waals surface area contributed by atoms with Crippen LogP contribution >= 0.6 is 40.3 Å². The Bertz CT molecular complexity index is 663. The third-order valence-electron chi connectivity index (χ3n) is 3.35. The van der Waals surface area contributed by atoms with E-state index in [-0.39, 0.29) is 5.91 Å². The van der Waals surface area contributed by atoms with E-state index in [9.17, 15) is 22.8 Å². The first-order valence-electron chi connectivity index (χ1n) is 10.7. The molecule has 0 unspecified atom stereocenters. The van der Waals surface area contributed by atoms with Crippen molar-refractivity contribution in [3.63, 3.8) is 0 Å². The average Bonchev–Trinajstić information content (AvgIpc) is 2.78. The Labute approximate surface area is 233 Å². The molecule has 0 bridgehead atoms. The lowest BCUT2D eigenvalue weighted by atomic mass is 10.1. The summed E-state index contributed by atoms with van der Waals surface area (Å²) < 4.78 is 35.3. The van der Waals surface area contributed by atoms with Crippen LogP contribution in [-0.4, -0.2) is 80.3 Å². The molecule has 1 saturated heterocycles. The molecule has 0 N–H and O–H groups in total. The van der Waals surface area contributed by atoms with Crippen molar-refractivity contribution < 1.29 is 32.3 Å². The normalized spacial score (nSPS) is 12.1. The highest BCUT2D eigenvalue weighted by Crippen LogP contribution is 2.15. The number of thioether (sulfide) groups is 1. The van der Waals surface area contributed by atoms with Crippen molar-refractivity contribution in [3.05, 3.63) is 34.3 Å². The molecule has 2 amide bonds. The summed E-state index contributed by atoms with van der Waals surface area (Å²) in [7, 11) is 4.14. The minimum Gasteiger partial charge on any atom is -0.443 e. The van der Waals surface area contributed by atoms with Crippen LogP contribution < -0.4 is 0 Å². The van der Waals surface area contributed by atoms with E-state index in [1.807, 2.05) is 19.3 Å². The summed E-state index contributed by atoms with van der Waals surface area (Å²) in [5, 5.41) is 0. The first-order chi connectivity index (χ1) is 16.7. The molecule has 1 aromatic carbocycles. The van der Waals surface area contributed by atoms with Crippen LogP contribution in [0.5, 0.6) is 0 Å². The highest BCUT2D eigenvalue weighted by atomic mass is 79.9. The Hall–Kier alpha value is -1.24. The molecule has 6 nitrogen and oxygen atoms in total. The van der Waals surface area contributed by atoms with Crippen LogP contribution in [0, 0.1) is 0 Å². The Kier molecular flexibility index (Phi) is 31.2. The molecular formula is C24H42BrF3N2O4S2. The van der Waals surface area contributed by atoms with Gasteiger partial charge in [-0.1, -0.05) is 28.1 Å². The molecule has 1 aliphatic rings. The predicted octanol–water partition coefficient (Wildman–Crippen LogP) is 6.96. The predicted molar refractivity (Wildman–Crippen MR) is 152 cm³/mol. The van der Waals surface area contributed by atoms with Gasteiger partial charge in [0.15, 0.2) is 0 Å². The maximum absolute atomic E-state index is 11.5. The van der Waals surface area contributed by atoms with Gasteiger partial charge in [0.2, 0.25) is 5.91 Å². The zero-order chi connectivity index (χ0) is 29.3. The fourth-order valence-electron chi connectivity index (χ4n) is 2.27. The minimum absolute atomic E-state index is 0.120. The maximum atomic E-state index is 11.5. The third kappa shape index (κ3) is 30.8. The first-order valence-corrected chi connectivity index (χ1v) is 14.0. The van der Waals surface area contributed by atoms with Crippen LogP contribution in [0.1, 0.15) is 45.6 Å². The Balaban J connectivity index is -0.000000206. The van der Waals surface area contributed by atoms with Gasteiger partial charge in [-0.3, -0.25) is 4.79 Å². The number of piperidine rings is 1. The molecule has 1 fully saturated rings. The number of nitrogens with zero attached hydrogens (tertiary/aromatic N) is 2. The number of imide groups is 1. The van der Waals surface area contributed by atoms with E-state index < -0.39 is 18.4 Å². The van der Waals surface area contributed by atoms with Gasteiger partial charge >= 0.3 is 12.8 Å². The van der Waals surface area contributed by atoms with Crippen LogP contribution in [0.3, 0.4) is 0 Å². The standard InChI is InChI=1S/C10H17NO3.C9H12BrN.C2H6S.CHF3.CH2O.CH4S/c1-10(2,3)14-9(13)11-7-5-4-6-8(11)12;1-11(2)7-8-3-5-9(10)6-4-8;1-3-2;2-1(3)4;2*1-2/h4-7H2,1-3H3;3-6H,7H2,1-2H3;1-2H3;1H;1H2;2H,1H3. The topological polar surface area (TPSA) is 66.9 Å². The Morgan fingerprint density at radius 2 is 1.56 bits per heavy atom. The van der Waals surface area contributed by atoms with Gasteiger partial charge in [0.05, 0.1) is 0 Å². The lowest BCUT2D eigenvalue weighted by Gasteiger charge is -2.28. The van der Waals surface area contributed by atoms with Crippen molar-refractivity contribution in [1.82, 2.24) is 9.80 Å². The molecule has 1 aliphatic heterocycles. The number of carbonyl (C=O) groups is 3. The molecule has 12 heteroatoms. The van der Waals surface area contributed by atoms with Crippen molar-refractivity contribution in [2.24, 2.45) is 0 Å². The molecule has 0 aromatic heterocycles. The lowest BCUT2D eigenvalue weighted by Crippen LogP contribution is -2.43. The van der Waals surface area contributed by atoms with Crippen LogP contribution in [0.2, 0.25) is 0 Å². The number of benzene rings is 1. The Morgan fingerprint density at radius 1 is 1.14 bits per heavy atom. The quantitative estimate of drug-likeness (QED) is 0.360. The molecule has 1 heterocycles. The lowest BCUT2D eigenvalue weighted by molar-refractivity contribution is -0.132. The van der Waals surface area contributed by atoms with E-state index >= 15 is 0 Å². The number of thiol groups is 1. The molecule has 0 spiro atoms. The zero-order valence-electron chi connectivity index (χ0n) is 22.5. The van der Waals surface area contributed by atoms with Gasteiger partial charge in [-0.2, -0.15) is 37.6 Å². The number of alkyl halides is 3. The average molecular weight is 624 g/mol. The van der Waals surface area contributed by atoms with Crippen LogP contribution in [0.25, 0.3) is 0 Å². The second-order valence-corrected chi connectivity index (χ2v) is 9.73. The van der Waals surface area contributed by atoms with E-state index in [0.29, 0.717) is 13.0 Å². The summed E-state index contributed by atoms with van der Waals surface area (Å²) in [5.41, 5.74) is 0.813. The highest BCUT2D eigenvalue weighted by Gasteiger charge is 2.28. The second kappa shape index (κ2) is 26.8. The molecule has 36 heavy (non-hydrogen) atoms. The fraction of sp³-hybridized carbons (Fsp3) is 0.625. The monoisotopic (exact) mass is 622 g/mol. The smallest absolute Gasteiger partial charge is 0.417 e. The van der Waals surface area contributed by atoms with Gasteiger partial charge in [0.1, 0.15) is 12.4 Å². The van der Waals surface area contributed by atoms with Gasteiger partial charge in [-0.05, 0) is 84.2 Å². The van der Waals surface area contributed by atoms with Crippen molar-refractivity contribution in [1.29, 1.82) is 0 Å². The molecule has 0 atom stereocenters. The van der Waals surface area contributed by atoms with E-state index in [0.717, 1.165) is 23.9 Å². The molecule has 0 radical (unpaired) electrons. The van der Waals surface area contributed by atoms with Gasteiger partial charge in [-0.25, -0.2) is 9.69 Å². The molecule has 2 rings (SSSR count). The minimum atomic E-state index is -3.67. The molecule has 0 aliphatic carbocycles. The van der Waals surface area contributed by atoms with Crippen molar-refractivity contribution >= 4 is 59.1 Å². The van der Waals surface area contributed by atoms with Gasteiger partial charge in [0, 0.05) is 24.0 Å². The summed E-state index contributed by atoms with van der Waals surface area (Å²) in [6.45, 7) is 5.21. The summed E-state index contributed by atoms with van der Waals surface area (Å²) in [6, 6.07) is 8.39. The third-order valence-corrected chi connectivity index (χ3v) is 3.88. The van der Waals surface area contributed by atoms with E-state index in [1.54, 1.807) is 38.8 Å². The largest absolute Gasteiger partial charge is 0.443 e. The molecule has 212 valence electrons. The second-order valence-electron chi connectivity index (χ2n) is 8.00. The molecular weight excluding hydrogens is 581 g/mol. The summed E-state index contributed by atoms with van der Waals surface area (Å²) >= 11 is 8.68. The number of ether oxygens (including phenoxy) is 1. The number of hydrogen-bond donors (Lipinski definition) is 1. The zero-order valence-corrected chi connectivity index (χ0v) is 25.8. The van der Waals surface area contributed by atoms with Crippen molar-refractivity contribution in [3.8, 4) is 0 Å². The maximum Gasteiger partial charge on any atom is 0.417 e. The Morgan fingerprint density at radius 3 is 1.89 bits per heavy atom. The number of likely N-dealkylation sites (tertiary alicyclic amines) is 1. The van der Waals surface area contributed by atoms with Gasteiger partial charge in [-0.15, -0.1) is 0 Å². The van der Waals surface area contributed by atoms with Gasteiger partial charge < -0.3 is 14.4 Å². The summed E-state index contributed by atoms with van der Waals surface area (Å²) in [6.07, 6.45) is 7.48. The number of rotatable bonds is 2. The van der Waals surface area contributed by atoms with E-state index in [2.05, 4.69) is 71.8 Å². The van der Waals surface area contributed by atoms with Gasteiger partial charge in [0.25, 0.3) is 0 Å².